The van der Waals surface area contributed by atoms with Crippen molar-refractivity contribution in [3.63, 3.8) is 0 Å². The summed E-state index contributed by atoms with van der Waals surface area (Å²) in [4.78, 5) is 1.13. The summed E-state index contributed by atoms with van der Waals surface area (Å²) in [6.07, 6.45) is 0. The molecule has 19 heavy (non-hydrogen) atoms. The van der Waals surface area contributed by atoms with Gasteiger partial charge in [0.15, 0.2) is 11.5 Å². The van der Waals surface area contributed by atoms with E-state index < -0.39 is 0 Å². The second-order valence-electron chi connectivity index (χ2n) is 3.85. The molecule has 3 nitrogen and oxygen atoms in total. The molecule has 0 aliphatic rings. The van der Waals surface area contributed by atoms with E-state index in [1.807, 2.05) is 36.6 Å². The maximum absolute atomic E-state index is 9.14. The predicted molar refractivity (Wildman–Crippen MR) is 79.9 cm³/mol. The molecule has 2 aromatic rings. The molecule has 0 saturated heterocycles. The van der Waals surface area contributed by atoms with Gasteiger partial charge in [0.2, 0.25) is 0 Å². The van der Waals surface area contributed by atoms with Crippen LogP contribution in [-0.4, -0.2) is 11.7 Å². The molecule has 1 aromatic heterocycles. The van der Waals surface area contributed by atoms with Crippen LogP contribution >= 0.6 is 27.3 Å². The zero-order valence-electron chi connectivity index (χ0n) is 10.6. The van der Waals surface area contributed by atoms with Gasteiger partial charge in [-0.25, -0.2) is 0 Å². The third kappa shape index (κ3) is 3.72. The van der Waals surface area contributed by atoms with E-state index >= 15 is 0 Å². The Balaban J connectivity index is 2.12. The highest BCUT2D eigenvalue weighted by Gasteiger charge is 2.08. The number of aliphatic hydroxyl groups excluding tert-OH is 1. The number of halogens is 1. The van der Waals surface area contributed by atoms with Gasteiger partial charge in [-0.05, 0) is 52.0 Å². The van der Waals surface area contributed by atoms with E-state index in [1.54, 1.807) is 11.3 Å². The summed E-state index contributed by atoms with van der Waals surface area (Å²) in [6, 6.07) is 7.48. The van der Waals surface area contributed by atoms with Gasteiger partial charge in [-0.15, -0.1) is 11.3 Å². The first-order valence-electron chi connectivity index (χ1n) is 5.95. The van der Waals surface area contributed by atoms with Crippen LogP contribution in [-0.2, 0) is 13.2 Å². The number of hydrogen-bond donors (Lipinski definition) is 1. The molecule has 0 radical (unpaired) electrons. The van der Waals surface area contributed by atoms with Crippen molar-refractivity contribution in [1.82, 2.24) is 0 Å². The Hall–Kier alpha value is -1.04. The van der Waals surface area contributed by atoms with E-state index in [4.69, 9.17) is 14.6 Å². The van der Waals surface area contributed by atoms with Crippen molar-refractivity contribution in [3.8, 4) is 11.5 Å². The van der Waals surface area contributed by atoms with Crippen molar-refractivity contribution < 1.29 is 14.6 Å². The molecule has 0 fully saturated rings. The van der Waals surface area contributed by atoms with Crippen molar-refractivity contribution in [2.45, 2.75) is 20.1 Å². The summed E-state index contributed by atoms with van der Waals surface area (Å²) < 4.78 is 12.4. The van der Waals surface area contributed by atoms with Crippen LogP contribution in [0.5, 0.6) is 11.5 Å². The Morgan fingerprint density at radius 3 is 2.68 bits per heavy atom. The summed E-state index contributed by atoms with van der Waals surface area (Å²) in [5, 5.41) is 11.2. The van der Waals surface area contributed by atoms with Crippen LogP contribution in [0.3, 0.4) is 0 Å². The van der Waals surface area contributed by atoms with E-state index in [0.717, 1.165) is 14.9 Å². The summed E-state index contributed by atoms with van der Waals surface area (Å²) >= 11 is 5.12. The molecule has 0 atom stereocenters. The first-order chi connectivity index (χ1) is 9.24. The Labute approximate surface area is 124 Å². The summed E-state index contributed by atoms with van der Waals surface area (Å²) in [7, 11) is 0. The maximum atomic E-state index is 9.14. The van der Waals surface area contributed by atoms with Crippen LogP contribution < -0.4 is 9.47 Å². The minimum Gasteiger partial charge on any atom is -0.490 e. The Bertz CT molecular complexity index is 539. The molecule has 0 aliphatic carbocycles. The average Bonchev–Trinajstić information content (AvgIpc) is 2.83. The van der Waals surface area contributed by atoms with Gasteiger partial charge in [-0.1, -0.05) is 6.07 Å². The second-order valence-corrected chi connectivity index (χ2v) is 5.71. The zero-order valence-corrected chi connectivity index (χ0v) is 13.0. The molecular weight excluding hydrogens is 328 g/mol. The highest BCUT2D eigenvalue weighted by atomic mass is 79.9. The lowest BCUT2D eigenvalue weighted by atomic mass is 10.2. The smallest absolute Gasteiger partial charge is 0.161 e. The normalized spacial score (nSPS) is 10.5. The van der Waals surface area contributed by atoms with Crippen molar-refractivity contribution in [1.29, 1.82) is 0 Å². The fourth-order valence-electron chi connectivity index (χ4n) is 1.61. The number of thiophene rings is 1. The molecule has 5 heteroatoms. The third-order valence-corrected chi connectivity index (χ3v) is 4.44. The molecule has 2 rings (SSSR count). The molecular formula is C14H15BrO3S. The van der Waals surface area contributed by atoms with Gasteiger partial charge in [0, 0.05) is 4.47 Å². The van der Waals surface area contributed by atoms with E-state index in [1.165, 1.54) is 0 Å². The predicted octanol–water partition coefficient (Wildman–Crippen LogP) is 3.98. The average molecular weight is 343 g/mol. The Kier molecular flexibility index (Phi) is 5.24. The first kappa shape index (κ1) is 14.4. The maximum Gasteiger partial charge on any atom is 0.161 e. The quantitative estimate of drug-likeness (QED) is 0.862. The molecule has 0 saturated carbocycles. The van der Waals surface area contributed by atoms with Crippen molar-refractivity contribution in [2.75, 3.05) is 6.61 Å². The molecule has 1 N–H and O–H groups in total. The molecule has 1 heterocycles. The minimum absolute atomic E-state index is 0.00315. The zero-order chi connectivity index (χ0) is 13.7. The standard InChI is InChI=1S/C14H15BrO3S/c1-2-17-13-7-10(8-16)3-4-12(13)18-9-14-11(15)5-6-19-14/h3-7,16H,2,8-9H2,1H3. The van der Waals surface area contributed by atoms with Crippen LogP contribution in [0.15, 0.2) is 34.1 Å². The molecule has 0 bridgehead atoms. The van der Waals surface area contributed by atoms with E-state index in [0.29, 0.717) is 24.7 Å². The van der Waals surface area contributed by atoms with Crippen molar-refractivity contribution in [3.05, 3.63) is 44.6 Å². The molecule has 0 spiro atoms. The molecule has 102 valence electrons. The lowest BCUT2D eigenvalue weighted by Gasteiger charge is -2.12. The van der Waals surface area contributed by atoms with Gasteiger partial charge in [-0.3, -0.25) is 0 Å². The van der Waals surface area contributed by atoms with E-state index in [2.05, 4.69) is 15.9 Å². The van der Waals surface area contributed by atoms with Gasteiger partial charge < -0.3 is 14.6 Å². The summed E-state index contributed by atoms with van der Waals surface area (Å²) in [6.45, 7) is 2.98. The minimum atomic E-state index is -0.00315. The molecule has 0 aliphatic heterocycles. The number of ether oxygens (including phenoxy) is 2. The van der Waals surface area contributed by atoms with E-state index in [9.17, 15) is 0 Å². The topological polar surface area (TPSA) is 38.7 Å². The van der Waals surface area contributed by atoms with Crippen LogP contribution in [0.2, 0.25) is 0 Å². The number of aliphatic hydroxyl groups is 1. The van der Waals surface area contributed by atoms with Gasteiger partial charge in [-0.2, -0.15) is 0 Å². The number of rotatable bonds is 6. The molecule has 1 aromatic carbocycles. The van der Waals surface area contributed by atoms with Crippen LogP contribution in [0.4, 0.5) is 0 Å². The summed E-state index contributed by atoms with van der Waals surface area (Å²) in [5.41, 5.74) is 0.813. The number of benzene rings is 1. The van der Waals surface area contributed by atoms with Gasteiger partial charge >= 0.3 is 0 Å². The summed E-state index contributed by atoms with van der Waals surface area (Å²) in [5.74, 6) is 1.36. The lowest BCUT2D eigenvalue weighted by molar-refractivity contribution is 0.265. The fraction of sp³-hybridized carbons (Fsp3) is 0.286. The second kappa shape index (κ2) is 6.93. The Morgan fingerprint density at radius 2 is 2.05 bits per heavy atom. The van der Waals surface area contributed by atoms with Gasteiger partial charge in [0.25, 0.3) is 0 Å². The highest BCUT2D eigenvalue weighted by Crippen LogP contribution is 2.31. The van der Waals surface area contributed by atoms with Crippen molar-refractivity contribution in [2.24, 2.45) is 0 Å². The first-order valence-corrected chi connectivity index (χ1v) is 7.63. The highest BCUT2D eigenvalue weighted by molar-refractivity contribution is 9.10. The lowest BCUT2D eigenvalue weighted by Crippen LogP contribution is -2.00. The SMILES string of the molecule is CCOc1cc(CO)ccc1OCc1sccc1Br. The Morgan fingerprint density at radius 1 is 1.21 bits per heavy atom. The van der Waals surface area contributed by atoms with Gasteiger partial charge in [0.05, 0.1) is 18.1 Å². The van der Waals surface area contributed by atoms with Crippen LogP contribution in [0, 0.1) is 0 Å². The fourth-order valence-corrected chi connectivity index (χ4v) is 2.99. The largest absolute Gasteiger partial charge is 0.490 e. The van der Waals surface area contributed by atoms with E-state index in [-0.39, 0.29) is 6.61 Å². The van der Waals surface area contributed by atoms with Gasteiger partial charge in [0.1, 0.15) is 6.61 Å². The van der Waals surface area contributed by atoms with Crippen LogP contribution in [0.1, 0.15) is 17.4 Å². The third-order valence-electron chi connectivity index (χ3n) is 2.54. The number of hydrogen-bond acceptors (Lipinski definition) is 4. The monoisotopic (exact) mass is 342 g/mol. The van der Waals surface area contributed by atoms with Crippen LogP contribution in [0.25, 0.3) is 0 Å². The molecule has 0 unspecified atom stereocenters. The molecule has 0 amide bonds. The van der Waals surface area contributed by atoms with Crippen molar-refractivity contribution >= 4 is 27.3 Å².